The Labute approximate surface area is 122 Å². The topological polar surface area (TPSA) is 66.4 Å². The number of carboxylic acid groups (broad SMARTS) is 1. The van der Waals surface area contributed by atoms with Gasteiger partial charge < -0.3 is 10.4 Å². The van der Waals surface area contributed by atoms with Crippen LogP contribution in [-0.4, -0.2) is 17.0 Å². The molecule has 0 aliphatic heterocycles. The van der Waals surface area contributed by atoms with Crippen molar-refractivity contribution >= 4 is 23.6 Å². The van der Waals surface area contributed by atoms with Crippen LogP contribution in [0, 0.1) is 0 Å². The molecule has 0 radical (unpaired) electrons. The molecule has 0 saturated carbocycles. The van der Waals surface area contributed by atoms with Crippen LogP contribution < -0.4 is 5.32 Å². The van der Waals surface area contributed by atoms with Gasteiger partial charge in [-0.15, -0.1) is 0 Å². The van der Waals surface area contributed by atoms with Crippen LogP contribution in [0.25, 0.3) is 6.08 Å². The number of aliphatic carboxylic acids is 1. The third-order valence-corrected chi connectivity index (χ3v) is 2.93. The molecule has 2 N–H and O–H groups in total. The molecule has 0 aromatic heterocycles. The molecule has 0 aliphatic rings. The predicted molar refractivity (Wildman–Crippen MR) is 82.1 cm³/mol. The number of rotatable bonds is 4. The molecular formula is C17H15NO3. The summed E-state index contributed by atoms with van der Waals surface area (Å²) in [4.78, 5) is 22.7. The van der Waals surface area contributed by atoms with Gasteiger partial charge in [0, 0.05) is 16.8 Å². The van der Waals surface area contributed by atoms with Crippen LogP contribution in [0.3, 0.4) is 0 Å². The summed E-state index contributed by atoms with van der Waals surface area (Å²) in [6, 6.07) is 15.9. The number of hydrogen-bond donors (Lipinski definition) is 2. The van der Waals surface area contributed by atoms with Crippen molar-refractivity contribution in [2.75, 3.05) is 5.32 Å². The second-order valence-corrected chi connectivity index (χ2v) is 4.57. The molecule has 0 saturated heterocycles. The van der Waals surface area contributed by atoms with Gasteiger partial charge in [0.25, 0.3) is 5.91 Å². The van der Waals surface area contributed by atoms with E-state index in [0.717, 1.165) is 5.56 Å². The Morgan fingerprint density at radius 2 is 1.62 bits per heavy atom. The smallest absolute Gasteiger partial charge is 0.331 e. The summed E-state index contributed by atoms with van der Waals surface area (Å²) >= 11 is 0. The average Bonchev–Trinajstić information content (AvgIpc) is 2.50. The van der Waals surface area contributed by atoms with Gasteiger partial charge in [0.15, 0.2) is 0 Å². The van der Waals surface area contributed by atoms with Crippen LogP contribution in [0.5, 0.6) is 0 Å². The molecule has 4 heteroatoms. The van der Waals surface area contributed by atoms with Gasteiger partial charge in [0.2, 0.25) is 0 Å². The van der Waals surface area contributed by atoms with Crippen molar-refractivity contribution in [1.82, 2.24) is 0 Å². The van der Waals surface area contributed by atoms with E-state index in [-0.39, 0.29) is 11.5 Å². The lowest BCUT2D eigenvalue weighted by Crippen LogP contribution is -2.11. The number of hydrogen-bond acceptors (Lipinski definition) is 2. The Hall–Kier alpha value is -2.88. The van der Waals surface area contributed by atoms with E-state index < -0.39 is 5.97 Å². The summed E-state index contributed by atoms with van der Waals surface area (Å²) in [5, 5.41) is 11.6. The van der Waals surface area contributed by atoms with Crippen LogP contribution in [-0.2, 0) is 4.79 Å². The molecule has 0 atom stereocenters. The summed E-state index contributed by atoms with van der Waals surface area (Å²) in [7, 11) is 0. The highest BCUT2D eigenvalue weighted by atomic mass is 16.4. The number of carbonyl (C=O) groups is 2. The van der Waals surface area contributed by atoms with E-state index in [1.165, 1.54) is 6.92 Å². The lowest BCUT2D eigenvalue weighted by Gasteiger charge is -2.05. The van der Waals surface area contributed by atoms with Gasteiger partial charge in [-0.05, 0) is 42.8 Å². The van der Waals surface area contributed by atoms with Crippen LogP contribution in [0.1, 0.15) is 22.8 Å². The van der Waals surface area contributed by atoms with Crippen molar-refractivity contribution in [2.24, 2.45) is 0 Å². The highest BCUT2D eigenvalue weighted by Gasteiger charge is 2.05. The van der Waals surface area contributed by atoms with E-state index in [2.05, 4.69) is 5.32 Å². The van der Waals surface area contributed by atoms with Crippen LogP contribution in [0.15, 0.2) is 60.2 Å². The number of amides is 1. The van der Waals surface area contributed by atoms with Crippen LogP contribution >= 0.6 is 0 Å². The van der Waals surface area contributed by atoms with E-state index in [4.69, 9.17) is 5.11 Å². The van der Waals surface area contributed by atoms with Crippen LogP contribution in [0.2, 0.25) is 0 Å². The summed E-state index contributed by atoms with van der Waals surface area (Å²) in [6.07, 6.45) is 1.57. The Bertz CT molecular complexity index is 673. The predicted octanol–water partition coefficient (Wildman–Crippen LogP) is 3.43. The summed E-state index contributed by atoms with van der Waals surface area (Å²) in [5.41, 5.74) is 2.28. The molecule has 106 valence electrons. The van der Waals surface area contributed by atoms with Gasteiger partial charge in [-0.25, -0.2) is 4.79 Å². The van der Waals surface area contributed by atoms with Gasteiger partial charge in [-0.3, -0.25) is 4.79 Å². The molecule has 2 rings (SSSR count). The van der Waals surface area contributed by atoms with E-state index in [9.17, 15) is 9.59 Å². The Morgan fingerprint density at radius 1 is 1.00 bits per heavy atom. The summed E-state index contributed by atoms with van der Waals surface area (Å²) in [5.74, 6) is -1.13. The molecule has 0 bridgehead atoms. The standard InChI is InChI=1S/C17H15NO3/c1-12(17(20)21)11-13-7-9-15(10-8-13)18-16(19)14-5-3-2-4-6-14/h2-11H,1H3,(H,18,19)(H,20,21). The van der Waals surface area contributed by atoms with E-state index >= 15 is 0 Å². The van der Waals surface area contributed by atoms with Crippen molar-refractivity contribution in [3.8, 4) is 0 Å². The van der Waals surface area contributed by atoms with Crippen molar-refractivity contribution in [3.63, 3.8) is 0 Å². The van der Waals surface area contributed by atoms with E-state index in [0.29, 0.717) is 11.3 Å². The minimum absolute atomic E-state index is 0.180. The minimum atomic E-state index is -0.948. The maximum atomic E-state index is 12.0. The average molecular weight is 281 g/mol. The number of carboxylic acids is 1. The van der Waals surface area contributed by atoms with Gasteiger partial charge in [0.05, 0.1) is 0 Å². The zero-order valence-electron chi connectivity index (χ0n) is 11.5. The molecule has 0 spiro atoms. The van der Waals surface area contributed by atoms with Crippen molar-refractivity contribution in [1.29, 1.82) is 0 Å². The molecule has 2 aromatic carbocycles. The van der Waals surface area contributed by atoms with Gasteiger partial charge in [0.1, 0.15) is 0 Å². The molecule has 0 unspecified atom stereocenters. The maximum absolute atomic E-state index is 12.0. The van der Waals surface area contributed by atoms with Crippen molar-refractivity contribution < 1.29 is 14.7 Å². The quantitative estimate of drug-likeness (QED) is 0.844. The molecule has 1 amide bonds. The largest absolute Gasteiger partial charge is 0.478 e. The maximum Gasteiger partial charge on any atom is 0.331 e. The molecule has 2 aromatic rings. The lowest BCUT2D eigenvalue weighted by atomic mass is 10.1. The fourth-order valence-corrected chi connectivity index (χ4v) is 1.77. The normalized spacial score (nSPS) is 11.0. The highest BCUT2D eigenvalue weighted by Crippen LogP contribution is 2.14. The van der Waals surface area contributed by atoms with E-state index in [1.807, 2.05) is 6.07 Å². The first-order valence-electron chi connectivity index (χ1n) is 6.44. The highest BCUT2D eigenvalue weighted by molar-refractivity contribution is 6.04. The number of anilines is 1. The molecule has 4 nitrogen and oxygen atoms in total. The minimum Gasteiger partial charge on any atom is -0.478 e. The van der Waals surface area contributed by atoms with E-state index in [1.54, 1.807) is 54.6 Å². The molecular weight excluding hydrogens is 266 g/mol. The van der Waals surface area contributed by atoms with Crippen molar-refractivity contribution in [3.05, 3.63) is 71.3 Å². The van der Waals surface area contributed by atoms with Gasteiger partial charge >= 0.3 is 5.97 Å². The lowest BCUT2D eigenvalue weighted by molar-refractivity contribution is -0.132. The van der Waals surface area contributed by atoms with Crippen molar-refractivity contribution in [2.45, 2.75) is 6.92 Å². The zero-order valence-corrected chi connectivity index (χ0v) is 11.5. The number of carbonyl (C=O) groups excluding carboxylic acids is 1. The Morgan fingerprint density at radius 3 is 2.19 bits per heavy atom. The first kappa shape index (κ1) is 14.5. The number of nitrogens with one attached hydrogen (secondary N) is 1. The first-order valence-corrected chi connectivity index (χ1v) is 6.44. The summed E-state index contributed by atoms with van der Waals surface area (Å²) < 4.78 is 0. The summed E-state index contributed by atoms with van der Waals surface area (Å²) in [6.45, 7) is 1.54. The number of benzene rings is 2. The SMILES string of the molecule is CC(=Cc1ccc(NC(=O)c2ccccc2)cc1)C(=O)O. The third kappa shape index (κ3) is 4.04. The fraction of sp³-hybridized carbons (Fsp3) is 0.0588. The molecule has 0 heterocycles. The first-order chi connectivity index (χ1) is 10.1. The van der Waals surface area contributed by atoms with Gasteiger partial charge in [-0.1, -0.05) is 30.3 Å². The molecule has 21 heavy (non-hydrogen) atoms. The fourth-order valence-electron chi connectivity index (χ4n) is 1.77. The molecule has 0 aliphatic carbocycles. The monoisotopic (exact) mass is 281 g/mol. The molecule has 0 fully saturated rings. The van der Waals surface area contributed by atoms with Crippen LogP contribution in [0.4, 0.5) is 5.69 Å². The van der Waals surface area contributed by atoms with Gasteiger partial charge in [-0.2, -0.15) is 0 Å². The third-order valence-electron chi connectivity index (χ3n) is 2.93. The second-order valence-electron chi connectivity index (χ2n) is 4.57. The second kappa shape index (κ2) is 6.52. The Balaban J connectivity index is 2.08. The Kier molecular flexibility index (Phi) is 4.51. The zero-order chi connectivity index (χ0) is 15.2.